The normalized spacial score (nSPS) is 10.7. The van der Waals surface area contributed by atoms with Crippen molar-refractivity contribution in [2.24, 2.45) is 0 Å². The maximum absolute atomic E-state index is 2.12. The molecule has 158 valence electrons. The summed E-state index contributed by atoms with van der Waals surface area (Å²) in [6, 6.07) is 29.0. The van der Waals surface area contributed by atoms with Gasteiger partial charge in [-0.05, 0) is 27.7 Å². The number of hydrogen-bond acceptors (Lipinski definition) is 0. The van der Waals surface area contributed by atoms with Crippen molar-refractivity contribution in [3.05, 3.63) is 107 Å². The van der Waals surface area contributed by atoms with Crippen molar-refractivity contribution in [3.63, 3.8) is 0 Å². The third-order valence-electron chi connectivity index (χ3n) is 4.10. The van der Waals surface area contributed by atoms with Crippen LogP contribution in [0.25, 0.3) is 0 Å². The van der Waals surface area contributed by atoms with Gasteiger partial charge in [-0.2, -0.15) is 0 Å². The molecule has 3 aromatic rings. The Morgan fingerprint density at radius 3 is 0.759 bits per heavy atom. The summed E-state index contributed by atoms with van der Waals surface area (Å²) in [7, 11) is 0. The van der Waals surface area contributed by atoms with E-state index >= 15 is 0 Å². The first-order valence-electron chi connectivity index (χ1n) is 11.1. The third-order valence-corrected chi connectivity index (χ3v) is 4.10. The lowest BCUT2D eigenvalue weighted by Crippen LogP contribution is -1.85. The van der Waals surface area contributed by atoms with Crippen molar-refractivity contribution in [3.8, 4) is 0 Å². The fraction of sp³-hybridized carbons (Fsp3) is 0.379. The summed E-state index contributed by atoms with van der Waals surface area (Å²) in [4.78, 5) is 0. The smallest absolute Gasteiger partial charge is 0.0398 e. The van der Waals surface area contributed by atoms with Crippen molar-refractivity contribution in [1.82, 2.24) is 0 Å². The molecule has 0 nitrogen and oxygen atoms in total. The summed E-state index contributed by atoms with van der Waals surface area (Å²) in [6.45, 7) is 12.6. The largest absolute Gasteiger partial charge is 0.0656 e. The van der Waals surface area contributed by atoms with Gasteiger partial charge in [0.2, 0.25) is 0 Å². The van der Waals surface area contributed by atoms with Gasteiger partial charge in [0.1, 0.15) is 0 Å². The molecule has 3 aromatic carbocycles. The lowest BCUT2D eigenvalue weighted by atomic mass is 10.0. The third kappa shape index (κ3) is 18.8. The highest BCUT2D eigenvalue weighted by molar-refractivity contribution is 5.19. The van der Waals surface area contributed by atoms with E-state index in [1.165, 1.54) is 54.4 Å². The number of benzene rings is 3. The molecule has 0 aromatic heterocycles. The molecule has 29 heavy (non-hydrogen) atoms. The lowest BCUT2D eigenvalue weighted by molar-refractivity contribution is 0.504. The van der Waals surface area contributed by atoms with E-state index in [4.69, 9.17) is 0 Å². The molecule has 1 aliphatic rings. The molecule has 0 atom stereocenters. The van der Waals surface area contributed by atoms with Crippen LogP contribution in [-0.2, 0) is 0 Å². The SMILES string of the molecule is C1CCC1.CCC.Cc1ccc(C)cc1.Cc1ccccc1.Cc1ccccc1. The first-order valence-corrected chi connectivity index (χ1v) is 11.1. The molecule has 0 spiro atoms. The average molecular weight is 391 g/mol. The quantitative estimate of drug-likeness (QED) is 0.359. The van der Waals surface area contributed by atoms with Crippen molar-refractivity contribution >= 4 is 0 Å². The molecule has 0 unspecified atom stereocenters. The van der Waals surface area contributed by atoms with Crippen LogP contribution in [0, 0.1) is 27.7 Å². The molecular weight excluding hydrogens is 348 g/mol. The summed E-state index contributed by atoms with van der Waals surface area (Å²) in [5.74, 6) is 0. The van der Waals surface area contributed by atoms with Gasteiger partial charge >= 0.3 is 0 Å². The predicted molar refractivity (Wildman–Crippen MR) is 133 cm³/mol. The minimum atomic E-state index is 1.25. The van der Waals surface area contributed by atoms with Crippen LogP contribution < -0.4 is 0 Å². The molecule has 0 amide bonds. The van der Waals surface area contributed by atoms with Crippen LogP contribution in [0.3, 0.4) is 0 Å². The van der Waals surface area contributed by atoms with E-state index in [-0.39, 0.29) is 0 Å². The van der Waals surface area contributed by atoms with Gasteiger partial charge in [-0.15, -0.1) is 0 Å². The molecule has 0 saturated heterocycles. The molecule has 0 heterocycles. The van der Waals surface area contributed by atoms with E-state index in [1.54, 1.807) is 0 Å². The second kappa shape index (κ2) is 19.0. The standard InChI is InChI=1S/C8H10.2C7H8.C4H8.C3H8/c1-7-3-5-8(2)6-4-7;2*1-7-5-3-2-4-6-7;1-2-4-3-1;1-3-2/h3-6H,1-2H3;2*2-6H,1H3;1-4H2;3H2,1-2H3. The van der Waals surface area contributed by atoms with Crippen LogP contribution in [0.2, 0.25) is 0 Å². The zero-order valence-electron chi connectivity index (χ0n) is 19.6. The maximum atomic E-state index is 2.12. The van der Waals surface area contributed by atoms with Gasteiger partial charge in [0.05, 0.1) is 0 Å². The average Bonchev–Trinajstić information content (AvgIpc) is 2.66. The van der Waals surface area contributed by atoms with E-state index in [9.17, 15) is 0 Å². The van der Waals surface area contributed by atoms with Crippen molar-refractivity contribution in [1.29, 1.82) is 0 Å². The van der Waals surface area contributed by atoms with Crippen LogP contribution in [-0.4, -0.2) is 0 Å². The molecule has 1 saturated carbocycles. The molecule has 1 fully saturated rings. The Bertz CT molecular complexity index is 615. The van der Waals surface area contributed by atoms with Gasteiger partial charge in [-0.1, -0.05) is 153 Å². The van der Waals surface area contributed by atoms with E-state index < -0.39 is 0 Å². The van der Waals surface area contributed by atoms with Crippen LogP contribution >= 0.6 is 0 Å². The first-order chi connectivity index (χ1) is 14.0. The number of hydrogen-bond donors (Lipinski definition) is 0. The summed E-state index contributed by atoms with van der Waals surface area (Å²) in [5, 5.41) is 0. The topological polar surface area (TPSA) is 0 Å². The molecule has 0 N–H and O–H groups in total. The zero-order valence-corrected chi connectivity index (χ0v) is 19.6. The van der Waals surface area contributed by atoms with Crippen molar-refractivity contribution < 1.29 is 0 Å². The fourth-order valence-electron chi connectivity index (χ4n) is 1.96. The van der Waals surface area contributed by atoms with E-state index in [0.29, 0.717) is 0 Å². The van der Waals surface area contributed by atoms with Crippen LogP contribution in [0.1, 0.15) is 68.2 Å². The predicted octanol–water partition coefficient (Wildman–Crippen LogP) is 9.27. The zero-order chi connectivity index (χ0) is 21.7. The Balaban J connectivity index is 0.000000351. The fourth-order valence-corrected chi connectivity index (χ4v) is 1.96. The van der Waals surface area contributed by atoms with E-state index in [1.807, 2.05) is 36.4 Å². The molecule has 0 heteroatoms. The highest BCUT2D eigenvalue weighted by Gasteiger charge is 1.95. The Labute approximate surface area is 181 Å². The van der Waals surface area contributed by atoms with Crippen molar-refractivity contribution in [2.45, 2.75) is 73.6 Å². The molecule has 4 rings (SSSR count). The Kier molecular flexibility index (Phi) is 17.5. The summed E-state index contributed by atoms with van der Waals surface area (Å²) < 4.78 is 0. The van der Waals surface area contributed by atoms with E-state index in [2.05, 4.69) is 90.1 Å². The van der Waals surface area contributed by atoms with Crippen molar-refractivity contribution in [2.75, 3.05) is 0 Å². The van der Waals surface area contributed by atoms with Gasteiger partial charge in [0.15, 0.2) is 0 Å². The van der Waals surface area contributed by atoms with Gasteiger partial charge < -0.3 is 0 Å². The Morgan fingerprint density at radius 2 is 0.621 bits per heavy atom. The summed E-state index contributed by atoms with van der Waals surface area (Å²) >= 11 is 0. The molecule has 1 aliphatic carbocycles. The highest BCUT2D eigenvalue weighted by atomic mass is 14.0. The number of rotatable bonds is 0. The van der Waals surface area contributed by atoms with Crippen LogP contribution in [0.5, 0.6) is 0 Å². The van der Waals surface area contributed by atoms with Crippen LogP contribution in [0.15, 0.2) is 84.9 Å². The Morgan fingerprint density at radius 1 is 0.414 bits per heavy atom. The highest BCUT2D eigenvalue weighted by Crippen LogP contribution is 2.15. The van der Waals surface area contributed by atoms with Gasteiger partial charge in [-0.25, -0.2) is 0 Å². The molecule has 0 aliphatic heterocycles. The van der Waals surface area contributed by atoms with Gasteiger partial charge in [0.25, 0.3) is 0 Å². The maximum Gasteiger partial charge on any atom is -0.0398 e. The second-order valence-corrected chi connectivity index (χ2v) is 7.59. The van der Waals surface area contributed by atoms with Crippen LogP contribution in [0.4, 0.5) is 0 Å². The minimum Gasteiger partial charge on any atom is -0.0656 e. The number of aryl methyl sites for hydroxylation is 4. The first kappa shape index (κ1) is 26.7. The lowest BCUT2D eigenvalue weighted by Gasteiger charge is -2.05. The minimum absolute atomic E-state index is 1.25. The molecule has 0 radical (unpaired) electrons. The Hall–Kier alpha value is -2.34. The molecular formula is C29H42. The van der Waals surface area contributed by atoms with Gasteiger partial charge in [-0.3, -0.25) is 0 Å². The van der Waals surface area contributed by atoms with Gasteiger partial charge in [0, 0.05) is 0 Å². The second-order valence-electron chi connectivity index (χ2n) is 7.59. The van der Waals surface area contributed by atoms with E-state index in [0.717, 1.165) is 0 Å². The molecule has 0 bridgehead atoms. The summed E-state index contributed by atoms with van der Waals surface area (Å²) in [6.07, 6.45) is 7.25. The monoisotopic (exact) mass is 390 g/mol. The summed E-state index contributed by atoms with van der Waals surface area (Å²) in [5.41, 5.74) is 5.30.